The van der Waals surface area contributed by atoms with Crippen molar-refractivity contribution in [1.29, 1.82) is 0 Å². The van der Waals surface area contributed by atoms with E-state index < -0.39 is 0 Å². The summed E-state index contributed by atoms with van der Waals surface area (Å²) >= 11 is 5.58. The molecule has 1 N–H and O–H groups in total. The first kappa shape index (κ1) is 16.0. The molecule has 1 saturated heterocycles. The lowest BCUT2D eigenvalue weighted by Gasteiger charge is -2.28. The molecule has 0 aromatic carbocycles. The second-order valence-corrected chi connectivity index (χ2v) is 5.92. The third-order valence-corrected chi connectivity index (χ3v) is 4.59. The van der Waals surface area contributed by atoms with Gasteiger partial charge in [-0.3, -0.25) is 4.98 Å². The normalized spacial score (nSPS) is 20.8. The molecule has 0 aliphatic carbocycles. The number of nitrogens with one attached hydrogen (secondary N) is 1. The van der Waals surface area contributed by atoms with Crippen molar-refractivity contribution in [3.63, 3.8) is 0 Å². The molecule has 1 fully saturated rings. The molecular formula is C17H22N4OS. The lowest BCUT2D eigenvalue weighted by atomic mass is 10.0. The van der Waals surface area contributed by atoms with Crippen LogP contribution in [0.25, 0.3) is 0 Å². The zero-order valence-electron chi connectivity index (χ0n) is 13.5. The summed E-state index contributed by atoms with van der Waals surface area (Å²) in [6.07, 6.45) is 3.94. The number of aromatic nitrogens is 2. The van der Waals surface area contributed by atoms with E-state index in [1.54, 1.807) is 7.11 Å². The van der Waals surface area contributed by atoms with Crippen LogP contribution in [0.5, 0.6) is 0 Å². The van der Waals surface area contributed by atoms with Crippen molar-refractivity contribution in [3.8, 4) is 0 Å². The van der Waals surface area contributed by atoms with Crippen molar-refractivity contribution in [2.75, 3.05) is 20.3 Å². The van der Waals surface area contributed by atoms with Crippen LogP contribution in [0.1, 0.15) is 30.4 Å². The summed E-state index contributed by atoms with van der Waals surface area (Å²) in [6, 6.07) is 10.4. The Morgan fingerprint density at radius 2 is 2.17 bits per heavy atom. The molecule has 0 saturated carbocycles. The van der Waals surface area contributed by atoms with E-state index in [2.05, 4.69) is 45.0 Å². The minimum atomic E-state index is 0.0424. The average molecular weight is 330 g/mol. The molecule has 2 atom stereocenters. The zero-order valence-corrected chi connectivity index (χ0v) is 14.3. The van der Waals surface area contributed by atoms with Crippen LogP contribution >= 0.6 is 12.2 Å². The fourth-order valence-electron chi connectivity index (χ4n) is 3.14. The average Bonchev–Trinajstić information content (AvgIpc) is 3.17. The van der Waals surface area contributed by atoms with Gasteiger partial charge in [0, 0.05) is 38.3 Å². The first-order chi connectivity index (χ1) is 11.3. The molecule has 0 radical (unpaired) electrons. The van der Waals surface area contributed by atoms with E-state index in [0.717, 1.165) is 23.9 Å². The van der Waals surface area contributed by atoms with Crippen molar-refractivity contribution in [2.45, 2.75) is 25.6 Å². The van der Waals surface area contributed by atoms with Crippen molar-refractivity contribution in [3.05, 3.63) is 54.1 Å². The zero-order chi connectivity index (χ0) is 16.2. The molecule has 0 spiro atoms. The maximum absolute atomic E-state index is 5.58. The Labute approximate surface area is 142 Å². The summed E-state index contributed by atoms with van der Waals surface area (Å²) in [6.45, 7) is 4.48. The minimum Gasteiger partial charge on any atom is -0.383 e. The number of hydrogen-bond donors (Lipinski definition) is 1. The van der Waals surface area contributed by atoms with Gasteiger partial charge in [0.2, 0.25) is 0 Å². The molecule has 2 aromatic heterocycles. The summed E-state index contributed by atoms with van der Waals surface area (Å²) in [5.41, 5.74) is 2.25. The van der Waals surface area contributed by atoms with Gasteiger partial charge < -0.3 is 19.5 Å². The third kappa shape index (κ3) is 3.09. The van der Waals surface area contributed by atoms with E-state index >= 15 is 0 Å². The standard InChI is InChI=1S/C17H22N4OS/c1-3-20-10-6-8-14(20)16-15(13-7-4-5-9-18-13)19-17(23)21(16)11-12-22-2/h4-10,15-16H,3,11-12H2,1-2H3,(H,19,23)/t15-,16-/m0/s1. The van der Waals surface area contributed by atoms with Gasteiger partial charge in [0.15, 0.2) is 5.11 Å². The number of ether oxygens (including phenoxy) is 1. The monoisotopic (exact) mass is 330 g/mol. The molecular weight excluding hydrogens is 308 g/mol. The summed E-state index contributed by atoms with van der Waals surface area (Å²) in [5, 5.41) is 4.20. The number of thiocarbonyl (C=S) groups is 1. The predicted molar refractivity (Wildman–Crippen MR) is 94.1 cm³/mol. The van der Waals surface area contributed by atoms with Gasteiger partial charge in [-0.2, -0.15) is 0 Å². The lowest BCUT2D eigenvalue weighted by Crippen LogP contribution is -2.33. The van der Waals surface area contributed by atoms with E-state index in [4.69, 9.17) is 17.0 Å². The highest BCUT2D eigenvalue weighted by Gasteiger charge is 2.40. The Hall–Kier alpha value is -1.92. The highest BCUT2D eigenvalue weighted by Crippen LogP contribution is 2.38. The van der Waals surface area contributed by atoms with Gasteiger partial charge in [0.25, 0.3) is 0 Å². The quantitative estimate of drug-likeness (QED) is 0.825. The SMILES string of the molecule is CCn1cccc1[C@H]1[C@H](c2ccccn2)NC(=S)N1CCOC. The molecule has 3 heterocycles. The van der Waals surface area contributed by atoms with Gasteiger partial charge in [0.05, 0.1) is 24.4 Å². The summed E-state index contributed by atoms with van der Waals surface area (Å²) in [5.74, 6) is 0. The van der Waals surface area contributed by atoms with Crippen LogP contribution in [0, 0.1) is 0 Å². The predicted octanol–water partition coefficient (Wildman–Crippen LogP) is 2.52. The molecule has 0 amide bonds. The second-order valence-electron chi connectivity index (χ2n) is 5.53. The second kappa shape index (κ2) is 7.10. The number of methoxy groups -OCH3 is 1. The third-order valence-electron chi connectivity index (χ3n) is 4.24. The van der Waals surface area contributed by atoms with E-state index in [1.807, 2.05) is 24.4 Å². The van der Waals surface area contributed by atoms with Gasteiger partial charge in [-0.15, -0.1) is 0 Å². The van der Waals surface area contributed by atoms with E-state index in [9.17, 15) is 0 Å². The Kier molecular flexibility index (Phi) is 4.93. The number of hydrogen-bond acceptors (Lipinski definition) is 3. The van der Waals surface area contributed by atoms with Crippen LogP contribution in [0.2, 0.25) is 0 Å². The van der Waals surface area contributed by atoms with E-state index in [-0.39, 0.29) is 12.1 Å². The maximum Gasteiger partial charge on any atom is 0.170 e. The Balaban J connectivity index is 2.00. The Morgan fingerprint density at radius 3 is 2.87 bits per heavy atom. The van der Waals surface area contributed by atoms with Crippen LogP contribution < -0.4 is 5.32 Å². The first-order valence-corrected chi connectivity index (χ1v) is 8.29. The number of aryl methyl sites for hydroxylation is 1. The minimum absolute atomic E-state index is 0.0424. The molecule has 0 bridgehead atoms. The largest absolute Gasteiger partial charge is 0.383 e. The van der Waals surface area contributed by atoms with Crippen LogP contribution in [0.4, 0.5) is 0 Å². The number of pyridine rings is 1. The Bertz CT molecular complexity index is 658. The smallest absolute Gasteiger partial charge is 0.170 e. The van der Waals surface area contributed by atoms with Crippen molar-refractivity contribution < 1.29 is 4.74 Å². The number of nitrogens with zero attached hydrogens (tertiary/aromatic N) is 3. The van der Waals surface area contributed by atoms with Crippen molar-refractivity contribution in [1.82, 2.24) is 19.8 Å². The van der Waals surface area contributed by atoms with Gasteiger partial charge >= 0.3 is 0 Å². The molecule has 3 rings (SSSR count). The highest BCUT2D eigenvalue weighted by molar-refractivity contribution is 7.80. The van der Waals surface area contributed by atoms with Gasteiger partial charge in [-0.1, -0.05) is 6.07 Å². The fraction of sp³-hybridized carbons (Fsp3) is 0.412. The van der Waals surface area contributed by atoms with Gasteiger partial charge in [-0.25, -0.2) is 0 Å². The number of rotatable bonds is 6. The Morgan fingerprint density at radius 1 is 1.30 bits per heavy atom. The molecule has 5 nitrogen and oxygen atoms in total. The summed E-state index contributed by atoms with van der Waals surface area (Å²) in [4.78, 5) is 6.74. The fourth-order valence-corrected chi connectivity index (χ4v) is 3.47. The van der Waals surface area contributed by atoms with Crippen LogP contribution in [-0.4, -0.2) is 39.8 Å². The van der Waals surface area contributed by atoms with E-state index in [0.29, 0.717) is 6.61 Å². The molecule has 0 unspecified atom stereocenters. The van der Waals surface area contributed by atoms with Crippen LogP contribution in [-0.2, 0) is 11.3 Å². The molecule has 6 heteroatoms. The summed E-state index contributed by atoms with van der Waals surface area (Å²) < 4.78 is 7.52. The highest BCUT2D eigenvalue weighted by atomic mass is 32.1. The molecule has 1 aliphatic heterocycles. The molecule has 2 aromatic rings. The molecule has 1 aliphatic rings. The molecule has 122 valence electrons. The van der Waals surface area contributed by atoms with E-state index in [1.165, 1.54) is 5.69 Å². The topological polar surface area (TPSA) is 42.3 Å². The van der Waals surface area contributed by atoms with Crippen LogP contribution in [0.3, 0.4) is 0 Å². The molecule has 23 heavy (non-hydrogen) atoms. The van der Waals surface area contributed by atoms with Crippen LogP contribution in [0.15, 0.2) is 42.7 Å². The van der Waals surface area contributed by atoms with Gasteiger partial charge in [0.1, 0.15) is 0 Å². The lowest BCUT2D eigenvalue weighted by molar-refractivity contribution is 0.162. The van der Waals surface area contributed by atoms with Crippen molar-refractivity contribution >= 4 is 17.3 Å². The maximum atomic E-state index is 5.58. The van der Waals surface area contributed by atoms with Gasteiger partial charge in [-0.05, 0) is 43.4 Å². The summed E-state index contributed by atoms with van der Waals surface area (Å²) in [7, 11) is 1.71. The first-order valence-electron chi connectivity index (χ1n) is 7.88. The van der Waals surface area contributed by atoms with Crippen molar-refractivity contribution in [2.24, 2.45) is 0 Å².